The number of hydrogen-bond acceptors (Lipinski definition) is 4. The lowest BCUT2D eigenvalue weighted by Gasteiger charge is -2.20. The summed E-state index contributed by atoms with van der Waals surface area (Å²) in [5.74, 6) is 1.51. The fraction of sp³-hybridized carbons (Fsp3) is 0.350. The van der Waals surface area contributed by atoms with Gasteiger partial charge in [-0.05, 0) is 49.9 Å². The van der Waals surface area contributed by atoms with Crippen LogP contribution in [0.15, 0.2) is 48.5 Å². The number of ether oxygens (including phenoxy) is 2. The summed E-state index contributed by atoms with van der Waals surface area (Å²) in [4.78, 5) is 14.1. The van der Waals surface area contributed by atoms with Crippen molar-refractivity contribution >= 4 is 17.5 Å². The molecule has 140 valence electrons. The van der Waals surface area contributed by atoms with E-state index in [1.54, 1.807) is 7.11 Å². The van der Waals surface area contributed by atoms with E-state index in [0.29, 0.717) is 24.7 Å². The van der Waals surface area contributed by atoms with Crippen LogP contribution in [0.5, 0.6) is 11.5 Å². The Kier molecular flexibility index (Phi) is 7.75. The summed E-state index contributed by atoms with van der Waals surface area (Å²) in [6.07, 6.45) is 0. The number of amides is 1. The van der Waals surface area contributed by atoms with Crippen molar-refractivity contribution in [1.82, 2.24) is 10.2 Å². The van der Waals surface area contributed by atoms with Gasteiger partial charge in [0.2, 0.25) is 5.91 Å². The molecule has 6 heteroatoms. The maximum Gasteiger partial charge on any atom is 0.234 e. The highest BCUT2D eigenvalue weighted by molar-refractivity contribution is 6.31. The minimum absolute atomic E-state index is 0.0515. The Bertz CT molecular complexity index is 706. The molecule has 0 spiro atoms. The standard InChI is InChI=1S/C20H25ClN2O3/c1-15(18-6-4-5-7-19(18)21)22-20(24)14-23(2)12-13-26-17-10-8-16(25-3)9-11-17/h4-11,15H,12-14H2,1-3H3,(H,22,24). The zero-order chi connectivity index (χ0) is 18.9. The molecule has 1 N–H and O–H groups in total. The Balaban J connectivity index is 1.72. The molecular weight excluding hydrogens is 352 g/mol. The van der Waals surface area contributed by atoms with Gasteiger partial charge < -0.3 is 14.8 Å². The van der Waals surface area contributed by atoms with Gasteiger partial charge in [0.15, 0.2) is 0 Å². The molecule has 1 amide bonds. The first kappa shape index (κ1) is 20.1. The molecule has 2 rings (SSSR count). The largest absolute Gasteiger partial charge is 0.497 e. The Hall–Kier alpha value is -2.24. The van der Waals surface area contributed by atoms with Gasteiger partial charge in [0.05, 0.1) is 19.7 Å². The molecule has 0 saturated heterocycles. The van der Waals surface area contributed by atoms with Gasteiger partial charge >= 0.3 is 0 Å². The number of nitrogens with one attached hydrogen (secondary N) is 1. The molecule has 0 radical (unpaired) electrons. The van der Waals surface area contributed by atoms with E-state index in [4.69, 9.17) is 21.1 Å². The Morgan fingerprint density at radius 2 is 1.81 bits per heavy atom. The molecule has 1 atom stereocenters. The van der Waals surface area contributed by atoms with E-state index < -0.39 is 0 Å². The maximum absolute atomic E-state index is 12.2. The number of nitrogens with zero attached hydrogens (tertiary/aromatic N) is 1. The van der Waals surface area contributed by atoms with Gasteiger partial charge in [-0.2, -0.15) is 0 Å². The number of methoxy groups -OCH3 is 1. The molecule has 0 saturated carbocycles. The molecule has 0 bridgehead atoms. The Labute approximate surface area is 159 Å². The quantitative estimate of drug-likeness (QED) is 0.727. The van der Waals surface area contributed by atoms with Crippen molar-refractivity contribution < 1.29 is 14.3 Å². The average Bonchev–Trinajstić information content (AvgIpc) is 2.62. The second-order valence-electron chi connectivity index (χ2n) is 6.07. The van der Waals surface area contributed by atoms with Crippen LogP contribution < -0.4 is 14.8 Å². The third-order valence-corrected chi connectivity index (χ3v) is 4.31. The highest BCUT2D eigenvalue weighted by Gasteiger charge is 2.13. The van der Waals surface area contributed by atoms with Gasteiger partial charge in [-0.15, -0.1) is 0 Å². The van der Waals surface area contributed by atoms with E-state index in [9.17, 15) is 4.79 Å². The Morgan fingerprint density at radius 3 is 2.46 bits per heavy atom. The highest BCUT2D eigenvalue weighted by Crippen LogP contribution is 2.22. The van der Waals surface area contributed by atoms with Gasteiger partial charge in [-0.3, -0.25) is 9.69 Å². The van der Waals surface area contributed by atoms with Crippen LogP contribution in [-0.2, 0) is 4.79 Å². The molecule has 0 aromatic heterocycles. The molecule has 2 aromatic carbocycles. The first-order chi connectivity index (χ1) is 12.5. The number of halogens is 1. The fourth-order valence-corrected chi connectivity index (χ4v) is 2.81. The normalized spacial score (nSPS) is 11.9. The van der Waals surface area contributed by atoms with Gasteiger partial charge in [0.25, 0.3) is 0 Å². The topological polar surface area (TPSA) is 50.8 Å². The van der Waals surface area contributed by atoms with Crippen molar-refractivity contribution in [3.8, 4) is 11.5 Å². The SMILES string of the molecule is COc1ccc(OCCN(C)CC(=O)NC(C)c2ccccc2Cl)cc1. The molecule has 0 fully saturated rings. The molecule has 0 aliphatic rings. The summed E-state index contributed by atoms with van der Waals surface area (Å²) in [6, 6.07) is 14.8. The number of carbonyl (C=O) groups excluding carboxylic acids is 1. The number of benzene rings is 2. The monoisotopic (exact) mass is 376 g/mol. The third kappa shape index (κ3) is 6.24. The second kappa shape index (κ2) is 10.0. The summed E-state index contributed by atoms with van der Waals surface area (Å²) in [7, 11) is 3.51. The molecular formula is C20H25ClN2O3. The van der Waals surface area contributed by atoms with E-state index in [1.165, 1.54) is 0 Å². The number of carbonyl (C=O) groups is 1. The summed E-state index contributed by atoms with van der Waals surface area (Å²) in [5.41, 5.74) is 0.910. The van der Waals surface area contributed by atoms with Crippen molar-refractivity contribution in [2.75, 3.05) is 33.9 Å². The number of rotatable bonds is 9. The average molecular weight is 377 g/mol. The van der Waals surface area contributed by atoms with Crippen molar-refractivity contribution in [3.63, 3.8) is 0 Å². The summed E-state index contributed by atoms with van der Waals surface area (Å²) < 4.78 is 10.8. The predicted molar refractivity (Wildman–Crippen MR) is 104 cm³/mol. The van der Waals surface area contributed by atoms with E-state index in [0.717, 1.165) is 17.1 Å². The van der Waals surface area contributed by atoms with Crippen LogP contribution >= 0.6 is 11.6 Å². The van der Waals surface area contributed by atoms with Crippen LogP contribution in [0.2, 0.25) is 5.02 Å². The molecule has 0 aliphatic carbocycles. The molecule has 5 nitrogen and oxygen atoms in total. The zero-order valence-corrected chi connectivity index (χ0v) is 16.1. The van der Waals surface area contributed by atoms with Crippen molar-refractivity contribution in [2.24, 2.45) is 0 Å². The first-order valence-corrected chi connectivity index (χ1v) is 8.86. The lowest BCUT2D eigenvalue weighted by molar-refractivity contribution is -0.122. The molecule has 1 unspecified atom stereocenters. The minimum Gasteiger partial charge on any atom is -0.497 e. The summed E-state index contributed by atoms with van der Waals surface area (Å²) >= 11 is 6.17. The van der Waals surface area contributed by atoms with E-state index >= 15 is 0 Å². The van der Waals surface area contributed by atoms with Crippen LogP contribution in [0, 0.1) is 0 Å². The molecule has 0 aliphatic heterocycles. The third-order valence-electron chi connectivity index (χ3n) is 3.96. The van der Waals surface area contributed by atoms with Crippen molar-refractivity contribution in [2.45, 2.75) is 13.0 Å². The highest BCUT2D eigenvalue weighted by atomic mass is 35.5. The number of hydrogen-bond donors (Lipinski definition) is 1. The van der Waals surface area contributed by atoms with Crippen LogP contribution in [-0.4, -0.2) is 44.7 Å². The lowest BCUT2D eigenvalue weighted by Crippen LogP contribution is -2.38. The van der Waals surface area contributed by atoms with Crippen LogP contribution in [0.1, 0.15) is 18.5 Å². The predicted octanol–water partition coefficient (Wildman–Crippen LogP) is 3.54. The molecule has 26 heavy (non-hydrogen) atoms. The van der Waals surface area contributed by atoms with Crippen LogP contribution in [0.4, 0.5) is 0 Å². The van der Waals surface area contributed by atoms with Gasteiger partial charge in [-0.1, -0.05) is 29.8 Å². The maximum atomic E-state index is 12.2. The molecule has 0 heterocycles. The second-order valence-corrected chi connectivity index (χ2v) is 6.48. The fourth-order valence-electron chi connectivity index (χ4n) is 2.51. The van der Waals surface area contributed by atoms with Crippen molar-refractivity contribution in [3.05, 3.63) is 59.1 Å². The smallest absolute Gasteiger partial charge is 0.234 e. The zero-order valence-electron chi connectivity index (χ0n) is 15.4. The van der Waals surface area contributed by atoms with Crippen molar-refractivity contribution in [1.29, 1.82) is 0 Å². The number of likely N-dealkylation sites (N-methyl/N-ethyl adjacent to an activating group) is 1. The first-order valence-electron chi connectivity index (χ1n) is 8.48. The van der Waals surface area contributed by atoms with E-state index in [2.05, 4.69) is 5.32 Å². The summed E-state index contributed by atoms with van der Waals surface area (Å²) in [6.45, 7) is 3.35. The van der Waals surface area contributed by atoms with Crippen LogP contribution in [0.25, 0.3) is 0 Å². The van der Waals surface area contributed by atoms with E-state index in [-0.39, 0.29) is 11.9 Å². The minimum atomic E-state index is -0.139. The van der Waals surface area contributed by atoms with Crippen LogP contribution in [0.3, 0.4) is 0 Å². The molecule has 2 aromatic rings. The summed E-state index contributed by atoms with van der Waals surface area (Å²) in [5, 5.41) is 3.62. The Morgan fingerprint density at radius 1 is 1.15 bits per heavy atom. The van der Waals surface area contributed by atoms with E-state index in [1.807, 2.05) is 67.4 Å². The lowest BCUT2D eigenvalue weighted by atomic mass is 10.1. The van der Waals surface area contributed by atoms with Gasteiger partial charge in [0, 0.05) is 11.6 Å². The van der Waals surface area contributed by atoms with Gasteiger partial charge in [0.1, 0.15) is 18.1 Å². The van der Waals surface area contributed by atoms with Gasteiger partial charge in [-0.25, -0.2) is 0 Å².